The summed E-state index contributed by atoms with van der Waals surface area (Å²) in [5.41, 5.74) is 2.01. The van der Waals surface area contributed by atoms with E-state index in [2.05, 4.69) is 25.2 Å². The Morgan fingerprint density at radius 2 is 1.87 bits per heavy atom. The Labute approximate surface area is 182 Å². The summed E-state index contributed by atoms with van der Waals surface area (Å²) in [5.74, 6) is 0.536. The van der Waals surface area contributed by atoms with E-state index in [1.54, 1.807) is 6.92 Å². The predicted octanol–water partition coefficient (Wildman–Crippen LogP) is 4.33. The number of benzene rings is 2. The number of ether oxygens (including phenoxy) is 2. The molecule has 0 amide bonds. The Bertz CT molecular complexity index is 1120. The Balaban J connectivity index is 1.90. The van der Waals surface area contributed by atoms with Gasteiger partial charge < -0.3 is 13.9 Å². The summed E-state index contributed by atoms with van der Waals surface area (Å²) in [5, 5.41) is 4.08. The third-order valence-electron chi connectivity index (χ3n) is 5.41. The van der Waals surface area contributed by atoms with Crippen LogP contribution in [0.1, 0.15) is 43.4 Å². The van der Waals surface area contributed by atoms with Crippen molar-refractivity contribution in [1.29, 1.82) is 0 Å². The highest BCUT2D eigenvalue weighted by Gasteiger charge is 2.35. The molecule has 0 aliphatic heterocycles. The van der Waals surface area contributed by atoms with Gasteiger partial charge in [-0.25, -0.2) is 9.59 Å². The smallest absolute Gasteiger partial charge is 0.336 e. The Kier molecular flexibility index (Phi) is 6.81. The number of hydrogen-bond acceptors (Lipinski definition) is 6. The van der Waals surface area contributed by atoms with Crippen LogP contribution in [0.4, 0.5) is 0 Å². The molecule has 164 valence electrons. The van der Waals surface area contributed by atoms with Crippen LogP contribution in [0.15, 0.2) is 57.7 Å². The van der Waals surface area contributed by atoms with Crippen LogP contribution in [0.3, 0.4) is 0 Å². The van der Waals surface area contributed by atoms with Crippen molar-refractivity contribution in [3.63, 3.8) is 0 Å². The van der Waals surface area contributed by atoms with E-state index in [1.807, 2.05) is 43.3 Å². The maximum atomic E-state index is 12.5. The normalized spacial score (nSPS) is 13.2. The molecule has 0 fully saturated rings. The van der Waals surface area contributed by atoms with Gasteiger partial charge in [0.15, 0.2) is 0 Å². The molecule has 31 heavy (non-hydrogen) atoms. The first-order valence-corrected chi connectivity index (χ1v) is 10.3. The van der Waals surface area contributed by atoms with Crippen LogP contribution in [-0.2, 0) is 16.1 Å². The lowest BCUT2D eigenvalue weighted by Gasteiger charge is -2.28. The highest BCUT2D eigenvalue weighted by molar-refractivity contribution is 5.83. The van der Waals surface area contributed by atoms with Gasteiger partial charge in [0.25, 0.3) is 0 Å². The molecular weight excluding hydrogens is 394 g/mol. The second kappa shape index (κ2) is 9.35. The third kappa shape index (κ3) is 5.14. The molecule has 0 bridgehead atoms. The molecule has 2 aromatic carbocycles. The topological polar surface area (TPSA) is 77.8 Å². The van der Waals surface area contributed by atoms with E-state index in [9.17, 15) is 9.59 Å². The zero-order valence-electron chi connectivity index (χ0n) is 18.7. The highest BCUT2D eigenvalue weighted by atomic mass is 16.5. The van der Waals surface area contributed by atoms with Gasteiger partial charge in [0, 0.05) is 18.0 Å². The van der Waals surface area contributed by atoms with Crippen molar-refractivity contribution in [3.8, 4) is 5.75 Å². The van der Waals surface area contributed by atoms with Crippen LogP contribution >= 0.6 is 0 Å². The fourth-order valence-electron chi connectivity index (χ4n) is 3.60. The number of para-hydroxylation sites is 1. The number of nitrogens with one attached hydrogen (secondary N) is 1. The summed E-state index contributed by atoms with van der Waals surface area (Å²) in [7, 11) is 1.34. The van der Waals surface area contributed by atoms with Crippen LogP contribution in [0.25, 0.3) is 11.0 Å². The number of carbonyl (C=O) groups is 1. The number of carbonyl (C=O) groups excluding carboxylic acids is 1. The fraction of sp³-hybridized carbons (Fsp3) is 0.360. The van der Waals surface area contributed by atoms with Crippen molar-refractivity contribution >= 4 is 16.9 Å². The average Bonchev–Trinajstić information content (AvgIpc) is 2.75. The third-order valence-corrected chi connectivity index (χ3v) is 5.41. The molecule has 1 unspecified atom stereocenters. The van der Waals surface area contributed by atoms with Crippen LogP contribution in [0.5, 0.6) is 5.75 Å². The molecular formula is C25H29NO5. The molecule has 0 saturated heterocycles. The van der Waals surface area contributed by atoms with Gasteiger partial charge in [0.2, 0.25) is 0 Å². The fourth-order valence-corrected chi connectivity index (χ4v) is 3.60. The highest BCUT2D eigenvalue weighted by Crippen LogP contribution is 2.27. The Morgan fingerprint density at radius 1 is 1.16 bits per heavy atom. The number of fused-ring (bicyclic) bond motifs is 1. The van der Waals surface area contributed by atoms with Gasteiger partial charge in [0.1, 0.15) is 23.5 Å². The van der Waals surface area contributed by atoms with E-state index in [-0.39, 0.29) is 13.2 Å². The first kappa shape index (κ1) is 22.6. The molecule has 1 N–H and O–H groups in total. The molecule has 6 heteroatoms. The van der Waals surface area contributed by atoms with Crippen molar-refractivity contribution in [3.05, 3.63) is 75.6 Å². The molecule has 0 spiro atoms. The monoisotopic (exact) mass is 423 g/mol. The summed E-state index contributed by atoms with van der Waals surface area (Å²) in [6.45, 7) is 8.32. The number of hydrogen-bond donors (Lipinski definition) is 1. The van der Waals surface area contributed by atoms with E-state index in [0.29, 0.717) is 17.3 Å². The van der Waals surface area contributed by atoms with Gasteiger partial charge in [-0.1, -0.05) is 32.0 Å². The largest absolute Gasteiger partial charge is 0.491 e. The van der Waals surface area contributed by atoms with E-state index in [1.165, 1.54) is 18.7 Å². The molecule has 0 radical (unpaired) electrons. The van der Waals surface area contributed by atoms with E-state index in [4.69, 9.17) is 13.9 Å². The van der Waals surface area contributed by atoms with Crippen LogP contribution in [0, 0.1) is 6.92 Å². The second-order valence-electron chi connectivity index (χ2n) is 8.23. The summed E-state index contributed by atoms with van der Waals surface area (Å²) in [6, 6.07) is 14.7. The zero-order valence-corrected chi connectivity index (χ0v) is 18.7. The van der Waals surface area contributed by atoms with E-state index >= 15 is 0 Å². The summed E-state index contributed by atoms with van der Waals surface area (Å²) < 4.78 is 16.2. The molecule has 0 aliphatic carbocycles. The summed E-state index contributed by atoms with van der Waals surface area (Å²) in [4.78, 5) is 24.7. The molecule has 3 rings (SSSR count). The van der Waals surface area contributed by atoms with Gasteiger partial charge >= 0.3 is 11.6 Å². The van der Waals surface area contributed by atoms with Gasteiger partial charge in [-0.2, -0.15) is 0 Å². The number of rotatable bonds is 8. The van der Waals surface area contributed by atoms with Crippen molar-refractivity contribution in [2.45, 2.75) is 45.7 Å². The first-order valence-electron chi connectivity index (χ1n) is 10.3. The Morgan fingerprint density at radius 3 is 2.52 bits per heavy atom. The van der Waals surface area contributed by atoms with Crippen molar-refractivity contribution in [2.24, 2.45) is 0 Å². The van der Waals surface area contributed by atoms with E-state index in [0.717, 1.165) is 16.5 Å². The minimum Gasteiger partial charge on any atom is -0.491 e. The molecule has 1 atom stereocenters. The van der Waals surface area contributed by atoms with Gasteiger partial charge in [0.05, 0.1) is 7.11 Å². The van der Waals surface area contributed by atoms with Crippen LogP contribution in [-0.4, -0.2) is 25.2 Å². The van der Waals surface area contributed by atoms with Gasteiger partial charge in [-0.3, -0.25) is 5.32 Å². The SMILES string of the molecule is COC(=O)C(C)(COc1ccccc1)NCc1cc(=O)oc2cc(C)c(C(C)C)cc12. The van der Waals surface area contributed by atoms with E-state index < -0.39 is 17.1 Å². The molecule has 1 heterocycles. The summed E-state index contributed by atoms with van der Waals surface area (Å²) >= 11 is 0. The molecule has 1 aromatic heterocycles. The lowest BCUT2D eigenvalue weighted by Crippen LogP contribution is -2.54. The summed E-state index contributed by atoms with van der Waals surface area (Å²) in [6.07, 6.45) is 0. The maximum absolute atomic E-state index is 12.5. The van der Waals surface area contributed by atoms with Crippen molar-refractivity contribution in [1.82, 2.24) is 5.32 Å². The number of esters is 1. The average molecular weight is 424 g/mol. The quantitative estimate of drug-likeness (QED) is 0.429. The lowest BCUT2D eigenvalue weighted by atomic mass is 9.94. The van der Waals surface area contributed by atoms with Crippen LogP contribution < -0.4 is 15.7 Å². The molecule has 3 aromatic rings. The predicted molar refractivity (Wildman–Crippen MR) is 121 cm³/mol. The number of aryl methyl sites for hydroxylation is 1. The second-order valence-corrected chi connectivity index (χ2v) is 8.23. The van der Waals surface area contributed by atoms with Gasteiger partial charge in [-0.15, -0.1) is 0 Å². The van der Waals surface area contributed by atoms with Crippen molar-refractivity contribution in [2.75, 3.05) is 13.7 Å². The minimum absolute atomic E-state index is 0.0689. The molecule has 0 saturated carbocycles. The van der Waals surface area contributed by atoms with Crippen molar-refractivity contribution < 1.29 is 18.7 Å². The lowest BCUT2D eigenvalue weighted by molar-refractivity contribution is -0.149. The molecule has 6 nitrogen and oxygen atoms in total. The minimum atomic E-state index is -1.11. The first-order chi connectivity index (χ1) is 14.7. The Hall–Kier alpha value is -3.12. The van der Waals surface area contributed by atoms with Crippen LogP contribution in [0.2, 0.25) is 0 Å². The standard InChI is InChI=1S/C25H29NO5/c1-16(2)20-13-21-18(12-23(27)31-22(21)11-17(20)3)14-26-25(4,24(28)29-5)15-30-19-9-7-6-8-10-19/h6-13,16,26H,14-15H2,1-5H3. The maximum Gasteiger partial charge on any atom is 0.336 e. The van der Waals surface area contributed by atoms with Gasteiger partial charge in [-0.05, 0) is 60.7 Å². The zero-order chi connectivity index (χ0) is 22.6. The number of methoxy groups -OCH3 is 1. The molecule has 0 aliphatic rings.